The fourth-order valence-corrected chi connectivity index (χ4v) is 3.12. The number of amides is 2. The second-order valence-corrected chi connectivity index (χ2v) is 6.29. The molecule has 1 heterocycles. The van der Waals surface area contributed by atoms with E-state index in [4.69, 9.17) is 0 Å². The number of hydrogen-bond acceptors (Lipinski definition) is 2. The van der Waals surface area contributed by atoms with E-state index < -0.39 is 6.04 Å². The Bertz CT molecular complexity index is 770. The predicted molar refractivity (Wildman–Crippen MR) is 93.7 cm³/mol. The van der Waals surface area contributed by atoms with Gasteiger partial charge in [0.2, 0.25) is 5.91 Å². The van der Waals surface area contributed by atoms with Crippen LogP contribution >= 0.6 is 0 Å². The van der Waals surface area contributed by atoms with Gasteiger partial charge in [-0.05, 0) is 43.0 Å². The predicted octanol–water partition coefficient (Wildman–Crippen LogP) is 2.70. The summed E-state index contributed by atoms with van der Waals surface area (Å²) in [6, 6.07) is 15.1. The van der Waals surface area contributed by atoms with Crippen molar-refractivity contribution in [3.63, 3.8) is 0 Å². The number of rotatable bonds is 3. The van der Waals surface area contributed by atoms with Crippen LogP contribution in [-0.4, -0.2) is 29.3 Å². The molecule has 124 valence electrons. The molecule has 4 nitrogen and oxygen atoms in total. The highest BCUT2D eigenvalue weighted by atomic mass is 16.2. The molecule has 0 bridgehead atoms. The van der Waals surface area contributed by atoms with Crippen LogP contribution in [0.4, 0.5) is 0 Å². The average molecular weight is 322 g/mol. The Hall–Kier alpha value is -2.62. The third-order valence-corrected chi connectivity index (χ3v) is 4.55. The van der Waals surface area contributed by atoms with E-state index in [9.17, 15) is 9.59 Å². The van der Waals surface area contributed by atoms with Gasteiger partial charge in [-0.1, -0.05) is 42.5 Å². The third kappa shape index (κ3) is 3.32. The van der Waals surface area contributed by atoms with Gasteiger partial charge in [0.25, 0.3) is 5.91 Å². The van der Waals surface area contributed by atoms with Gasteiger partial charge in [0.05, 0.1) is 0 Å². The molecule has 1 N–H and O–H groups in total. The van der Waals surface area contributed by atoms with Gasteiger partial charge in [-0.2, -0.15) is 0 Å². The van der Waals surface area contributed by atoms with Crippen LogP contribution in [0.5, 0.6) is 0 Å². The second-order valence-electron chi connectivity index (χ2n) is 6.29. The van der Waals surface area contributed by atoms with Crippen LogP contribution in [0.3, 0.4) is 0 Å². The van der Waals surface area contributed by atoms with Gasteiger partial charge in [0.15, 0.2) is 0 Å². The van der Waals surface area contributed by atoms with Gasteiger partial charge in [-0.15, -0.1) is 0 Å². The lowest BCUT2D eigenvalue weighted by atomic mass is 9.99. The van der Waals surface area contributed by atoms with E-state index >= 15 is 0 Å². The van der Waals surface area contributed by atoms with Gasteiger partial charge in [0, 0.05) is 18.7 Å². The molecule has 0 aliphatic carbocycles. The maximum absolute atomic E-state index is 12.7. The molecule has 1 aliphatic heterocycles. The first-order valence-corrected chi connectivity index (χ1v) is 8.28. The maximum Gasteiger partial charge on any atom is 0.252 e. The van der Waals surface area contributed by atoms with Crippen molar-refractivity contribution < 1.29 is 9.59 Å². The number of carbonyl (C=O) groups excluding carboxylic acids is 2. The van der Waals surface area contributed by atoms with E-state index in [2.05, 4.69) is 17.4 Å². The maximum atomic E-state index is 12.7. The first-order valence-electron chi connectivity index (χ1n) is 8.28. The lowest BCUT2D eigenvalue weighted by molar-refractivity contribution is -0.133. The summed E-state index contributed by atoms with van der Waals surface area (Å²) >= 11 is 0. The molecule has 2 aromatic rings. The molecule has 2 aromatic carbocycles. The third-order valence-electron chi connectivity index (χ3n) is 4.55. The number of benzene rings is 2. The Morgan fingerprint density at radius 3 is 2.46 bits per heavy atom. The van der Waals surface area contributed by atoms with Crippen LogP contribution in [0.1, 0.15) is 34.0 Å². The summed E-state index contributed by atoms with van der Waals surface area (Å²) in [4.78, 5) is 26.9. The topological polar surface area (TPSA) is 49.4 Å². The highest BCUT2D eigenvalue weighted by molar-refractivity contribution is 5.98. The summed E-state index contributed by atoms with van der Waals surface area (Å²) < 4.78 is 0. The highest BCUT2D eigenvalue weighted by Gasteiger charge is 2.25. The highest BCUT2D eigenvalue weighted by Crippen LogP contribution is 2.19. The van der Waals surface area contributed by atoms with Crippen LogP contribution in [0.25, 0.3) is 0 Å². The van der Waals surface area contributed by atoms with E-state index in [1.54, 1.807) is 13.0 Å². The minimum absolute atomic E-state index is 0.0357. The standard InChI is InChI=1S/C20H22N2O2/c1-14-7-3-6-10-18(14)19(23)21-15(2)20(24)22-12-11-16-8-4-5-9-17(16)13-22/h3-10,15H,11-13H2,1-2H3,(H,21,23)/t15-/m0/s1. The molecule has 24 heavy (non-hydrogen) atoms. The Kier molecular flexibility index (Phi) is 4.65. The molecular formula is C20H22N2O2. The summed E-state index contributed by atoms with van der Waals surface area (Å²) in [7, 11) is 0. The van der Waals surface area contributed by atoms with Crippen LogP contribution in [-0.2, 0) is 17.8 Å². The molecule has 3 rings (SSSR count). The first kappa shape index (κ1) is 16.2. The van der Waals surface area contributed by atoms with E-state index in [-0.39, 0.29) is 11.8 Å². The van der Waals surface area contributed by atoms with E-state index in [1.165, 1.54) is 11.1 Å². The van der Waals surface area contributed by atoms with Gasteiger partial charge in [0.1, 0.15) is 6.04 Å². The molecule has 4 heteroatoms. The average Bonchev–Trinajstić information content (AvgIpc) is 2.60. The smallest absolute Gasteiger partial charge is 0.252 e. The zero-order chi connectivity index (χ0) is 17.1. The van der Waals surface area contributed by atoms with Gasteiger partial charge in [-0.25, -0.2) is 0 Å². The van der Waals surface area contributed by atoms with Crippen LogP contribution in [0, 0.1) is 6.92 Å². The van der Waals surface area contributed by atoms with Crippen molar-refractivity contribution in [3.05, 3.63) is 70.8 Å². The fourth-order valence-electron chi connectivity index (χ4n) is 3.12. The molecule has 0 saturated heterocycles. The Morgan fingerprint density at radius 1 is 1.04 bits per heavy atom. The minimum atomic E-state index is -0.539. The van der Waals surface area contributed by atoms with Crippen molar-refractivity contribution in [2.45, 2.75) is 32.9 Å². The Morgan fingerprint density at radius 2 is 1.71 bits per heavy atom. The number of hydrogen-bond donors (Lipinski definition) is 1. The van der Waals surface area contributed by atoms with Crippen molar-refractivity contribution in [2.24, 2.45) is 0 Å². The number of nitrogens with one attached hydrogen (secondary N) is 1. The molecule has 0 spiro atoms. The molecule has 0 fully saturated rings. The zero-order valence-corrected chi connectivity index (χ0v) is 14.1. The van der Waals surface area contributed by atoms with Gasteiger partial charge >= 0.3 is 0 Å². The Balaban J connectivity index is 1.65. The Labute approximate surface area is 142 Å². The molecule has 0 saturated carbocycles. The quantitative estimate of drug-likeness (QED) is 0.944. The van der Waals surface area contributed by atoms with Crippen LogP contribution in [0.2, 0.25) is 0 Å². The summed E-state index contributed by atoms with van der Waals surface area (Å²) in [5, 5.41) is 2.83. The zero-order valence-electron chi connectivity index (χ0n) is 14.1. The molecular weight excluding hydrogens is 300 g/mol. The monoisotopic (exact) mass is 322 g/mol. The lowest BCUT2D eigenvalue weighted by Crippen LogP contribution is -2.48. The van der Waals surface area contributed by atoms with Crippen molar-refractivity contribution in [2.75, 3.05) is 6.54 Å². The van der Waals surface area contributed by atoms with Crippen LogP contribution in [0.15, 0.2) is 48.5 Å². The van der Waals surface area contributed by atoms with Crippen LogP contribution < -0.4 is 5.32 Å². The van der Waals surface area contributed by atoms with Crippen molar-refractivity contribution in [1.29, 1.82) is 0 Å². The largest absolute Gasteiger partial charge is 0.341 e. The molecule has 0 radical (unpaired) electrons. The van der Waals surface area contributed by atoms with E-state index in [1.807, 2.05) is 42.2 Å². The molecule has 1 aliphatic rings. The SMILES string of the molecule is Cc1ccccc1C(=O)N[C@@H](C)C(=O)N1CCc2ccccc2C1. The van der Waals surface area contributed by atoms with Gasteiger partial charge < -0.3 is 10.2 Å². The number of carbonyl (C=O) groups is 2. The van der Waals surface area contributed by atoms with E-state index in [0.29, 0.717) is 18.7 Å². The minimum Gasteiger partial charge on any atom is -0.341 e. The summed E-state index contributed by atoms with van der Waals surface area (Å²) in [5.41, 5.74) is 4.01. The van der Waals surface area contributed by atoms with Gasteiger partial charge in [-0.3, -0.25) is 9.59 Å². The summed E-state index contributed by atoms with van der Waals surface area (Å²) in [6.07, 6.45) is 0.861. The molecule has 2 amide bonds. The number of aryl methyl sites for hydroxylation is 1. The summed E-state index contributed by atoms with van der Waals surface area (Å²) in [6.45, 7) is 4.95. The molecule has 0 aromatic heterocycles. The lowest BCUT2D eigenvalue weighted by Gasteiger charge is -2.31. The molecule has 1 atom stereocenters. The van der Waals surface area contributed by atoms with Crippen molar-refractivity contribution in [1.82, 2.24) is 10.2 Å². The second kappa shape index (κ2) is 6.87. The first-order chi connectivity index (χ1) is 11.6. The summed E-state index contributed by atoms with van der Waals surface area (Å²) in [5.74, 6) is -0.238. The molecule has 0 unspecified atom stereocenters. The normalized spacial score (nSPS) is 14.7. The van der Waals surface area contributed by atoms with Crippen molar-refractivity contribution in [3.8, 4) is 0 Å². The number of nitrogens with zero attached hydrogens (tertiary/aromatic N) is 1. The number of fused-ring (bicyclic) bond motifs is 1. The van der Waals surface area contributed by atoms with E-state index in [0.717, 1.165) is 12.0 Å². The van der Waals surface area contributed by atoms with Crippen molar-refractivity contribution >= 4 is 11.8 Å². The fraction of sp³-hybridized carbons (Fsp3) is 0.300.